The van der Waals surface area contributed by atoms with Gasteiger partial charge in [0.2, 0.25) is 0 Å². The Morgan fingerprint density at radius 1 is 0.276 bits per heavy atom. The quantitative estimate of drug-likeness (QED) is 0.0222. The second kappa shape index (κ2) is 76.1. The lowest BCUT2D eigenvalue weighted by Crippen LogP contribution is -2.30. The van der Waals surface area contributed by atoms with E-state index in [0.717, 1.165) is 114 Å². The third-order valence-electron chi connectivity index (χ3n) is 20.5. The van der Waals surface area contributed by atoms with Crippen molar-refractivity contribution in [3.63, 3.8) is 0 Å². The van der Waals surface area contributed by atoms with Crippen LogP contribution in [0.1, 0.15) is 453 Å². The van der Waals surface area contributed by atoms with Gasteiger partial charge >= 0.3 is 39.5 Å². The Bertz CT molecular complexity index is 2030. The third-order valence-corrected chi connectivity index (χ3v) is 22.4. The standard InChI is InChI=1S/C86H168O17P2/c1-8-10-11-12-13-46-53-60-67-83(88)96-73-81(102-85(90)70-63-56-49-42-36-30-24-26-32-38-44-51-58-65-78(5)6)75-100-104(92,93)98-71-80(87)72-99-105(94,95)101-76-82(74-97-84(89)68-61-54-47-40-34-28-22-19-18-20-25-31-37-43-50-57-64-77(3)4)103-86(91)69-62-55-48-41-35-29-23-17-15-14-16-21-27-33-39-45-52-59-66-79(7)9-2/h77-82,87H,8-76H2,1-7H3,(H,92,93)(H,94,95)/t79?,80-,81+,82+/m0/s1. The van der Waals surface area contributed by atoms with Crippen molar-refractivity contribution in [1.82, 2.24) is 0 Å². The lowest BCUT2D eigenvalue weighted by molar-refractivity contribution is -0.161. The molecule has 17 nitrogen and oxygen atoms in total. The summed E-state index contributed by atoms with van der Waals surface area (Å²) in [5.74, 6) is 0.363. The predicted molar refractivity (Wildman–Crippen MR) is 432 cm³/mol. The number of phosphoric acid groups is 2. The minimum atomic E-state index is -4.97. The Balaban J connectivity index is 5.19. The highest BCUT2D eigenvalue weighted by atomic mass is 31.2. The van der Waals surface area contributed by atoms with Gasteiger partial charge in [-0.1, -0.05) is 402 Å². The van der Waals surface area contributed by atoms with E-state index in [1.54, 1.807) is 0 Å². The zero-order valence-electron chi connectivity index (χ0n) is 69.2. The van der Waals surface area contributed by atoms with E-state index in [1.807, 2.05) is 0 Å². The van der Waals surface area contributed by atoms with Crippen molar-refractivity contribution in [2.75, 3.05) is 39.6 Å². The van der Waals surface area contributed by atoms with Crippen LogP contribution in [-0.4, -0.2) is 96.7 Å². The Kier molecular flexibility index (Phi) is 74.7. The lowest BCUT2D eigenvalue weighted by Gasteiger charge is -2.21. The first-order valence-electron chi connectivity index (χ1n) is 44.4. The van der Waals surface area contributed by atoms with Crippen LogP contribution in [0.25, 0.3) is 0 Å². The van der Waals surface area contributed by atoms with Crippen LogP contribution in [0.3, 0.4) is 0 Å². The molecule has 0 spiro atoms. The molecule has 0 saturated carbocycles. The largest absolute Gasteiger partial charge is 0.472 e. The summed E-state index contributed by atoms with van der Waals surface area (Å²) in [6, 6.07) is 0. The molecule has 0 amide bonds. The number of esters is 4. The number of carbonyl (C=O) groups excluding carboxylic acids is 4. The Morgan fingerprint density at radius 2 is 0.486 bits per heavy atom. The van der Waals surface area contributed by atoms with Crippen molar-refractivity contribution in [2.24, 2.45) is 17.8 Å². The first kappa shape index (κ1) is 103. The van der Waals surface area contributed by atoms with Gasteiger partial charge in [-0.05, 0) is 43.4 Å². The molecule has 105 heavy (non-hydrogen) atoms. The normalized spacial score (nSPS) is 14.1. The maximum atomic E-state index is 13.1. The van der Waals surface area contributed by atoms with E-state index >= 15 is 0 Å². The molecule has 0 radical (unpaired) electrons. The number of hydrogen-bond donors (Lipinski definition) is 3. The van der Waals surface area contributed by atoms with E-state index in [9.17, 15) is 43.2 Å². The van der Waals surface area contributed by atoms with Gasteiger partial charge < -0.3 is 33.8 Å². The lowest BCUT2D eigenvalue weighted by atomic mass is 9.99. The average molecular weight is 1540 g/mol. The first-order valence-corrected chi connectivity index (χ1v) is 47.4. The molecule has 0 aromatic heterocycles. The number of carbonyl (C=O) groups is 4. The van der Waals surface area contributed by atoms with E-state index in [4.69, 9.17) is 37.0 Å². The van der Waals surface area contributed by atoms with Crippen LogP contribution in [0.2, 0.25) is 0 Å². The fourth-order valence-corrected chi connectivity index (χ4v) is 14.9. The summed E-state index contributed by atoms with van der Waals surface area (Å²) in [6.07, 6.45) is 66.7. The number of aliphatic hydroxyl groups is 1. The van der Waals surface area contributed by atoms with E-state index in [-0.39, 0.29) is 25.7 Å². The zero-order chi connectivity index (χ0) is 77.2. The van der Waals surface area contributed by atoms with Gasteiger partial charge in [0, 0.05) is 25.7 Å². The topological polar surface area (TPSA) is 237 Å². The zero-order valence-corrected chi connectivity index (χ0v) is 71.0. The van der Waals surface area contributed by atoms with Crippen LogP contribution in [0.4, 0.5) is 0 Å². The number of unbranched alkanes of at least 4 members (excludes halogenated alkanes) is 51. The molecule has 0 saturated heterocycles. The van der Waals surface area contributed by atoms with Crippen LogP contribution in [0, 0.1) is 17.8 Å². The summed E-state index contributed by atoms with van der Waals surface area (Å²) in [6.45, 7) is 12.1. The number of hydrogen-bond acceptors (Lipinski definition) is 15. The van der Waals surface area contributed by atoms with Gasteiger partial charge in [-0.25, -0.2) is 9.13 Å². The molecular formula is C86H168O17P2. The maximum absolute atomic E-state index is 13.1. The highest BCUT2D eigenvalue weighted by Gasteiger charge is 2.30. The molecule has 0 aliphatic rings. The first-order chi connectivity index (χ1) is 50.8. The van der Waals surface area contributed by atoms with Gasteiger partial charge in [0.1, 0.15) is 19.3 Å². The smallest absolute Gasteiger partial charge is 0.462 e. The Hall–Kier alpha value is -1.94. The van der Waals surface area contributed by atoms with E-state index < -0.39 is 97.5 Å². The van der Waals surface area contributed by atoms with Gasteiger partial charge in [0.25, 0.3) is 0 Å². The molecule has 0 fully saturated rings. The number of aliphatic hydroxyl groups excluding tert-OH is 1. The second-order valence-corrected chi connectivity index (χ2v) is 35.0. The summed E-state index contributed by atoms with van der Waals surface area (Å²) >= 11 is 0. The minimum absolute atomic E-state index is 0.107. The van der Waals surface area contributed by atoms with Gasteiger partial charge in [-0.15, -0.1) is 0 Å². The van der Waals surface area contributed by atoms with Crippen molar-refractivity contribution < 1.29 is 80.2 Å². The summed E-state index contributed by atoms with van der Waals surface area (Å²) in [5, 5.41) is 10.7. The summed E-state index contributed by atoms with van der Waals surface area (Å²) in [4.78, 5) is 73.1. The van der Waals surface area contributed by atoms with Crippen molar-refractivity contribution >= 4 is 39.5 Å². The highest BCUT2D eigenvalue weighted by molar-refractivity contribution is 7.47. The van der Waals surface area contributed by atoms with Crippen LogP contribution >= 0.6 is 15.6 Å². The van der Waals surface area contributed by atoms with Crippen LogP contribution < -0.4 is 0 Å². The van der Waals surface area contributed by atoms with Crippen molar-refractivity contribution in [1.29, 1.82) is 0 Å². The molecule has 0 aliphatic heterocycles. The van der Waals surface area contributed by atoms with Crippen LogP contribution in [0.5, 0.6) is 0 Å². The minimum Gasteiger partial charge on any atom is -0.462 e. The van der Waals surface area contributed by atoms with Gasteiger partial charge in [-0.3, -0.25) is 37.3 Å². The third kappa shape index (κ3) is 78.5. The van der Waals surface area contributed by atoms with Crippen molar-refractivity contribution in [2.45, 2.75) is 471 Å². The fourth-order valence-electron chi connectivity index (χ4n) is 13.3. The fraction of sp³-hybridized carbons (Fsp3) is 0.953. The average Bonchev–Trinajstić information content (AvgIpc) is 0.913. The number of ether oxygens (including phenoxy) is 4. The molecular weight excluding hydrogens is 1370 g/mol. The molecule has 624 valence electrons. The highest BCUT2D eigenvalue weighted by Crippen LogP contribution is 2.45. The van der Waals surface area contributed by atoms with Gasteiger partial charge in [0.05, 0.1) is 26.4 Å². The molecule has 0 aromatic rings. The van der Waals surface area contributed by atoms with E-state index in [2.05, 4.69) is 48.5 Å². The molecule has 0 bridgehead atoms. The predicted octanol–water partition coefficient (Wildman–Crippen LogP) is 26.1. The second-order valence-electron chi connectivity index (χ2n) is 32.1. The van der Waals surface area contributed by atoms with Gasteiger partial charge in [0.15, 0.2) is 12.2 Å². The maximum Gasteiger partial charge on any atom is 0.472 e. The molecule has 0 rings (SSSR count). The van der Waals surface area contributed by atoms with Crippen molar-refractivity contribution in [3.05, 3.63) is 0 Å². The van der Waals surface area contributed by atoms with E-state index in [1.165, 1.54) is 257 Å². The Labute approximate surface area is 645 Å². The van der Waals surface area contributed by atoms with Crippen molar-refractivity contribution in [3.8, 4) is 0 Å². The molecule has 0 heterocycles. The molecule has 3 N–H and O–H groups in total. The molecule has 19 heteroatoms. The molecule has 0 aromatic carbocycles. The van der Waals surface area contributed by atoms with E-state index in [0.29, 0.717) is 25.7 Å². The monoisotopic (exact) mass is 1540 g/mol. The summed E-state index contributed by atoms with van der Waals surface area (Å²) in [7, 11) is -9.92. The van der Waals surface area contributed by atoms with Gasteiger partial charge in [-0.2, -0.15) is 0 Å². The van der Waals surface area contributed by atoms with Crippen LogP contribution in [-0.2, 0) is 65.4 Å². The molecule has 0 aliphatic carbocycles. The molecule has 3 unspecified atom stereocenters. The SMILES string of the molecule is CCCCCCCCCCC(=O)OC[C@H](COP(=O)(O)OC[C@H](O)COP(=O)(O)OC[C@@H](COC(=O)CCCCCCCCCCCCCCCCCCC(C)C)OC(=O)CCCCCCCCCCCCCCCCCCCCC(C)CC)OC(=O)CCCCCCCCCCCCCCCC(C)C. The number of rotatable bonds is 84. The summed E-state index contributed by atoms with van der Waals surface area (Å²) < 4.78 is 68.8. The molecule has 6 atom stereocenters. The number of phosphoric ester groups is 2. The van der Waals surface area contributed by atoms with Crippen LogP contribution in [0.15, 0.2) is 0 Å². The summed E-state index contributed by atoms with van der Waals surface area (Å²) in [5.41, 5.74) is 0. The Morgan fingerprint density at radius 3 is 0.724 bits per heavy atom.